The molecule has 0 fully saturated rings. The summed E-state index contributed by atoms with van der Waals surface area (Å²) in [6, 6.07) is -0.219. The summed E-state index contributed by atoms with van der Waals surface area (Å²) in [5, 5.41) is 2.57. The normalized spacial score (nSPS) is 14.1. The van der Waals surface area contributed by atoms with Gasteiger partial charge in [0.15, 0.2) is 9.84 Å². The van der Waals surface area contributed by atoms with E-state index >= 15 is 0 Å². The standard InChI is InChI=1S/C10H17NO3S/c1-6-7-8(2)11-9(12)10(3,4)15(5,13)14/h1,8H,7H2,2-5H3,(H,11,12). The van der Waals surface area contributed by atoms with E-state index in [0.29, 0.717) is 6.42 Å². The predicted octanol–water partition coefficient (Wildman–Crippen LogP) is 0.338. The fraction of sp³-hybridized carbons (Fsp3) is 0.700. The minimum absolute atomic E-state index is 0.219. The molecule has 0 rings (SSSR count). The molecule has 0 radical (unpaired) electrons. The summed E-state index contributed by atoms with van der Waals surface area (Å²) in [5.74, 6) is 1.88. The predicted molar refractivity (Wildman–Crippen MR) is 60.0 cm³/mol. The molecule has 0 aliphatic carbocycles. The van der Waals surface area contributed by atoms with Crippen LogP contribution in [0.1, 0.15) is 27.2 Å². The molecule has 1 atom stereocenters. The van der Waals surface area contributed by atoms with E-state index in [9.17, 15) is 13.2 Å². The first-order valence-corrected chi connectivity index (χ1v) is 6.46. The van der Waals surface area contributed by atoms with Crippen molar-refractivity contribution in [1.29, 1.82) is 0 Å². The van der Waals surface area contributed by atoms with Crippen LogP contribution in [0.25, 0.3) is 0 Å². The van der Waals surface area contributed by atoms with Gasteiger partial charge in [-0.15, -0.1) is 12.3 Å². The number of sulfone groups is 1. The van der Waals surface area contributed by atoms with Gasteiger partial charge >= 0.3 is 0 Å². The molecule has 0 saturated carbocycles. The van der Waals surface area contributed by atoms with Crippen LogP contribution in [0.15, 0.2) is 0 Å². The molecule has 0 heterocycles. The van der Waals surface area contributed by atoms with Crippen molar-refractivity contribution in [3.05, 3.63) is 0 Å². The van der Waals surface area contributed by atoms with Gasteiger partial charge in [-0.2, -0.15) is 0 Å². The molecular weight excluding hydrogens is 214 g/mol. The van der Waals surface area contributed by atoms with Crippen LogP contribution in [-0.4, -0.2) is 31.4 Å². The third-order valence-electron chi connectivity index (χ3n) is 2.28. The van der Waals surface area contributed by atoms with Gasteiger partial charge in [-0.25, -0.2) is 8.42 Å². The third-order valence-corrected chi connectivity index (χ3v) is 4.31. The Balaban J connectivity index is 4.68. The molecule has 0 aromatic heterocycles. The summed E-state index contributed by atoms with van der Waals surface area (Å²) in [5.41, 5.74) is 0. The van der Waals surface area contributed by atoms with Crippen molar-refractivity contribution in [2.75, 3.05) is 6.26 Å². The quantitative estimate of drug-likeness (QED) is 0.710. The molecule has 86 valence electrons. The number of carbonyl (C=O) groups excluding carboxylic acids is 1. The van der Waals surface area contributed by atoms with E-state index in [1.165, 1.54) is 13.8 Å². The number of carbonyl (C=O) groups is 1. The first-order valence-electron chi connectivity index (χ1n) is 4.57. The van der Waals surface area contributed by atoms with E-state index in [4.69, 9.17) is 6.42 Å². The van der Waals surface area contributed by atoms with Gasteiger partial charge in [-0.3, -0.25) is 4.79 Å². The van der Waals surface area contributed by atoms with Gasteiger partial charge in [0.25, 0.3) is 0 Å². The minimum Gasteiger partial charge on any atom is -0.351 e. The third kappa shape index (κ3) is 3.56. The summed E-state index contributed by atoms with van der Waals surface area (Å²) in [6.07, 6.45) is 6.50. The topological polar surface area (TPSA) is 63.2 Å². The van der Waals surface area contributed by atoms with Crippen LogP contribution in [0.4, 0.5) is 0 Å². The number of amides is 1. The second-order valence-electron chi connectivity index (χ2n) is 4.07. The second-order valence-corrected chi connectivity index (χ2v) is 6.63. The van der Waals surface area contributed by atoms with Crippen LogP contribution in [0.2, 0.25) is 0 Å². The summed E-state index contributed by atoms with van der Waals surface area (Å²) < 4.78 is 21.2. The lowest BCUT2D eigenvalue weighted by atomic mass is 10.1. The van der Waals surface area contributed by atoms with Crippen molar-refractivity contribution in [3.8, 4) is 12.3 Å². The largest absolute Gasteiger partial charge is 0.351 e. The van der Waals surface area contributed by atoms with E-state index in [2.05, 4.69) is 11.2 Å². The summed E-state index contributed by atoms with van der Waals surface area (Å²) in [7, 11) is -3.43. The highest BCUT2D eigenvalue weighted by atomic mass is 32.2. The number of hydrogen-bond acceptors (Lipinski definition) is 3. The Morgan fingerprint density at radius 3 is 2.33 bits per heavy atom. The summed E-state index contributed by atoms with van der Waals surface area (Å²) >= 11 is 0. The van der Waals surface area contributed by atoms with Crippen molar-refractivity contribution < 1.29 is 13.2 Å². The first kappa shape index (κ1) is 14.0. The van der Waals surface area contributed by atoms with Gasteiger partial charge in [-0.05, 0) is 20.8 Å². The SMILES string of the molecule is C#CCC(C)NC(=O)C(C)(C)S(C)(=O)=O. The number of rotatable bonds is 4. The molecule has 4 nitrogen and oxygen atoms in total. The molecule has 0 spiro atoms. The molecule has 1 N–H and O–H groups in total. The molecule has 0 aromatic carbocycles. The Morgan fingerprint density at radius 2 is 2.00 bits per heavy atom. The molecular formula is C10H17NO3S. The summed E-state index contributed by atoms with van der Waals surface area (Å²) in [6.45, 7) is 4.48. The van der Waals surface area contributed by atoms with E-state index in [-0.39, 0.29) is 6.04 Å². The highest BCUT2D eigenvalue weighted by molar-refractivity contribution is 7.92. The van der Waals surface area contributed by atoms with E-state index in [1.54, 1.807) is 6.92 Å². The lowest BCUT2D eigenvalue weighted by Crippen LogP contribution is -2.50. The number of nitrogens with one attached hydrogen (secondary N) is 1. The maximum atomic E-state index is 11.6. The van der Waals surface area contributed by atoms with Gasteiger partial charge in [-0.1, -0.05) is 0 Å². The average Bonchev–Trinajstić information content (AvgIpc) is 2.02. The molecule has 1 amide bonds. The van der Waals surface area contributed by atoms with Crippen LogP contribution in [0, 0.1) is 12.3 Å². The van der Waals surface area contributed by atoms with Crippen molar-refractivity contribution in [2.45, 2.75) is 38.0 Å². The Labute approximate surface area is 91.4 Å². The zero-order valence-corrected chi connectivity index (χ0v) is 10.3. The Morgan fingerprint density at radius 1 is 1.53 bits per heavy atom. The highest BCUT2D eigenvalue weighted by Gasteiger charge is 2.38. The summed E-state index contributed by atoms with van der Waals surface area (Å²) in [4.78, 5) is 11.6. The van der Waals surface area contributed by atoms with Crippen molar-refractivity contribution >= 4 is 15.7 Å². The van der Waals surface area contributed by atoms with E-state index < -0.39 is 20.5 Å². The molecule has 0 aliphatic rings. The van der Waals surface area contributed by atoms with Crippen LogP contribution >= 0.6 is 0 Å². The fourth-order valence-electron chi connectivity index (χ4n) is 0.794. The van der Waals surface area contributed by atoms with E-state index in [0.717, 1.165) is 6.26 Å². The molecule has 5 heteroatoms. The fourth-order valence-corrected chi connectivity index (χ4v) is 1.19. The lowest BCUT2D eigenvalue weighted by molar-refractivity contribution is -0.123. The van der Waals surface area contributed by atoms with Gasteiger partial charge in [0.2, 0.25) is 5.91 Å². The second kappa shape index (κ2) is 4.67. The molecule has 15 heavy (non-hydrogen) atoms. The van der Waals surface area contributed by atoms with Crippen molar-refractivity contribution in [3.63, 3.8) is 0 Å². The van der Waals surface area contributed by atoms with Crippen LogP contribution in [0.5, 0.6) is 0 Å². The molecule has 0 bridgehead atoms. The molecule has 0 aromatic rings. The van der Waals surface area contributed by atoms with Gasteiger partial charge in [0, 0.05) is 18.7 Å². The zero-order valence-electron chi connectivity index (χ0n) is 9.49. The molecule has 1 unspecified atom stereocenters. The monoisotopic (exact) mass is 231 g/mol. The average molecular weight is 231 g/mol. The van der Waals surface area contributed by atoms with Gasteiger partial charge in [0.1, 0.15) is 4.75 Å². The molecule has 0 aliphatic heterocycles. The maximum absolute atomic E-state index is 11.6. The van der Waals surface area contributed by atoms with Gasteiger partial charge < -0.3 is 5.32 Å². The van der Waals surface area contributed by atoms with E-state index in [1.807, 2.05) is 0 Å². The Kier molecular flexibility index (Phi) is 4.35. The van der Waals surface area contributed by atoms with Crippen molar-refractivity contribution in [2.24, 2.45) is 0 Å². The highest BCUT2D eigenvalue weighted by Crippen LogP contribution is 2.15. The van der Waals surface area contributed by atoms with Crippen LogP contribution < -0.4 is 5.32 Å². The Bertz CT molecular complexity index is 376. The van der Waals surface area contributed by atoms with Gasteiger partial charge in [0.05, 0.1) is 0 Å². The van der Waals surface area contributed by atoms with Crippen molar-refractivity contribution in [1.82, 2.24) is 5.32 Å². The number of terminal acetylenes is 1. The van der Waals surface area contributed by atoms with Crippen LogP contribution in [0.3, 0.4) is 0 Å². The maximum Gasteiger partial charge on any atom is 0.241 e. The Hall–Kier alpha value is -1.02. The smallest absolute Gasteiger partial charge is 0.241 e. The molecule has 0 saturated heterocycles. The first-order chi connectivity index (χ1) is 6.63. The van der Waals surface area contributed by atoms with Crippen LogP contribution in [-0.2, 0) is 14.6 Å². The zero-order chi connectivity index (χ0) is 12.3. The number of hydrogen-bond donors (Lipinski definition) is 1. The lowest BCUT2D eigenvalue weighted by Gasteiger charge is -2.23. The minimum atomic E-state index is -3.43.